The van der Waals surface area contributed by atoms with Gasteiger partial charge < -0.3 is 20.8 Å². The van der Waals surface area contributed by atoms with Gasteiger partial charge in [-0.1, -0.05) is 48.0 Å². The molecule has 1 unspecified atom stereocenters. The third-order valence-corrected chi connectivity index (χ3v) is 7.86. The van der Waals surface area contributed by atoms with E-state index in [9.17, 15) is 9.90 Å². The van der Waals surface area contributed by atoms with Crippen molar-refractivity contribution in [3.8, 4) is 5.75 Å². The van der Waals surface area contributed by atoms with E-state index in [4.69, 9.17) is 16.3 Å². The van der Waals surface area contributed by atoms with Crippen LogP contribution in [0.15, 0.2) is 48.5 Å². The first-order valence-corrected chi connectivity index (χ1v) is 13.4. The smallest absolute Gasteiger partial charge is 0.124 e. The third-order valence-electron chi connectivity index (χ3n) is 7.62. The van der Waals surface area contributed by atoms with Crippen molar-refractivity contribution in [1.82, 2.24) is 26.0 Å². The van der Waals surface area contributed by atoms with E-state index in [1.165, 1.54) is 0 Å². The highest BCUT2D eigenvalue weighted by Crippen LogP contribution is 2.35. The second kappa shape index (κ2) is 11.7. The summed E-state index contributed by atoms with van der Waals surface area (Å²) in [6, 6.07) is 16.0. The number of nitrogens with zero attached hydrogens (tertiary/aromatic N) is 4. The fourth-order valence-electron chi connectivity index (χ4n) is 5.45. The lowest BCUT2D eigenvalue weighted by Gasteiger charge is -2.26. The van der Waals surface area contributed by atoms with Gasteiger partial charge in [-0.2, -0.15) is 0 Å². The van der Waals surface area contributed by atoms with Gasteiger partial charge in [-0.3, -0.25) is 4.90 Å². The molecular formula is C30H36ClN5O3. The molecule has 0 saturated heterocycles. The van der Waals surface area contributed by atoms with Gasteiger partial charge in [0.2, 0.25) is 0 Å². The van der Waals surface area contributed by atoms with Crippen LogP contribution in [-0.4, -0.2) is 38.5 Å². The molecule has 3 aromatic carbocycles. The van der Waals surface area contributed by atoms with Gasteiger partial charge in [0.15, 0.2) is 0 Å². The number of carboxylic acid groups (broad SMARTS) is 1. The van der Waals surface area contributed by atoms with Crippen LogP contribution in [0, 0.1) is 13.8 Å². The summed E-state index contributed by atoms with van der Waals surface area (Å²) in [4.78, 5) is 14.3. The molecule has 0 amide bonds. The van der Waals surface area contributed by atoms with Gasteiger partial charge in [0.25, 0.3) is 0 Å². The number of halogens is 1. The predicted octanol–water partition coefficient (Wildman–Crippen LogP) is 5.06. The van der Waals surface area contributed by atoms with E-state index in [0.29, 0.717) is 11.6 Å². The fourth-order valence-corrected chi connectivity index (χ4v) is 5.64. The monoisotopic (exact) mass is 549 g/mol. The maximum absolute atomic E-state index is 11.9. The van der Waals surface area contributed by atoms with E-state index < -0.39 is 5.97 Å². The summed E-state index contributed by atoms with van der Waals surface area (Å²) in [6.07, 6.45) is 0.861. The van der Waals surface area contributed by atoms with Crippen LogP contribution in [0.2, 0.25) is 5.02 Å². The van der Waals surface area contributed by atoms with Crippen molar-refractivity contribution in [2.75, 3.05) is 6.54 Å². The minimum absolute atomic E-state index is 0. The zero-order chi connectivity index (χ0) is 27.0. The molecule has 1 aliphatic rings. The molecule has 5 rings (SSSR count). The van der Waals surface area contributed by atoms with Gasteiger partial charge in [0.05, 0.1) is 5.52 Å². The lowest BCUT2D eigenvalue weighted by Crippen LogP contribution is -2.32. The molecule has 0 spiro atoms. The van der Waals surface area contributed by atoms with Crippen molar-refractivity contribution >= 4 is 28.6 Å². The molecule has 0 fully saturated rings. The Bertz CT molecular complexity index is 1500. The SMILES string of the molecule is CC[C@@H]1CN(Cc2cc(C(CC(=O)[O-])c3ccc4c(nnn4C)c3C)ccc2C)Cc2cc(Cl)ccc2O1.[NH4+]. The van der Waals surface area contributed by atoms with Crippen LogP contribution in [-0.2, 0) is 24.9 Å². The second-order valence-electron chi connectivity index (χ2n) is 10.2. The number of quaternary nitrogens is 1. The van der Waals surface area contributed by atoms with Gasteiger partial charge in [0, 0.05) is 49.2 Å². The van der Waals surface area contributed by atoms with E-state index >= 15 is 0 Å². The zero-order valence-electron chi connectivity index (χ0n) is 23.2. The average molecular weight is 550 g/mol. The molecule has 8 nitrogen and oxygen atoms in total. The van der Waals surface area contributed by atoms with Gasteiger partial charge in [0.1, 0.15) is 17.4 Å². The summed E-state index contributed by atoms with van der Waals surface area (Å²) in [7, 11) is 1.85. The number of ether oxygens (including phenoxy) is 1. The third kappa shape index (κ3) is 5.93. The summed E-state index contributed by atoms with van der Waals surface area (Å²) in [6.45, 7) is 8.44. The summed E-state index contributed by atoms with van der Waals surface area (Å²) < 4.78 is 8.01. The Balaban J connectivity index is 0.00000353. The molecule has 39 heavy (non-hydrogen) atoms. The maximum Gasteiger partial charge on any atom is 0.124 e. The van der Waals surface area contributed by atoms with E-state index in [1.54, 1.807) is 4.68 Å². The van der Waals surface area contributed by atoms with E-state index in [2.05, 4.69) is 41.2 Å². The number of benzene rings is 3. The largest absolute Gasteiger partial charge is 0.550 e. The molecule has 1 aliphatic heterocycles. The van der Waals surface area contributed by atoms with Gasteiger partial charge in [-0.15, -0.1) is 5.10 Å². The highest BCUT2D eigenvalue weighted by Gasteiger charge is 2.24. The molecule has 0 radical (unpaired) electrons. The van der Waals surface area contributed by atoms with Gasteiger partial charge in [-0.05, 0) is 78.8 Å². The lowest BCUT2D eigenvalue weighted by atomic mass is 9.84. The van der Waals surface area contributed by atoms with Crippen molar-refractivity contribution in [3.63, 3.8) is 0 Å². The topological polar surface area (TPSA) is 120 Å². The maximum atomic E-state index is 11.9. The number of rotatable bonds is 7. The number of carbonyl (C=O) groups is 1. The first-order valence-electron chi connectivity index (χ1n) is 13.0. The predicted molar refractivity (Wildman–Crippen MR) is 152 cm³/mol. The van der Waals surface area contributed by atoms with Crippen molar-refractivity contribution in [1.29, 1.82) is 0 Å². The Hall–Kier alpha value is -3.46. The van der Waals surface area contributed by atoms with Crippen molar-refractivity contribution < 1.29 is 14.6 Å². The molecule has 0 saturated carbocycles. The quantitative estimate of drug-likeness (QED) is 0.344. The first kappa shape index (κ1) is 28.5. The van der Waals surface area contributed by atoms with Crippen molar-refractivity contribution in [3.05, 3.63) is 86.9 Å². The zero-order valence-corrected chi connectivity index (χ0v) is 24.0. The van der Waals surface area contributed by atoms with Crippen LogP contribution in [0.5, 0.6) is 5.75 Å². The molecular weight excluding hydrogens is 514 g/mol. The molecule has 1 aromatic heterocycles. The van der Waals surface area contributed by atoms with E-state index in [-0.39, 0.29) is 24.6 Å². The van der Waals surface area contributed by atoms with Gasteiger partial charge >= 0.3 is 0 Å². The molecule has 9 heteroatoms. The van der Waals surface area contributed by atoms with Crippen molar-refractivity contribution in [2.24, 2.45) is 7.05 Å². The van der Waals surface area contributed by atoms with Crippen LogP contribution in [0.3, 0.4) is 0 Å². The highest BCUT2D eigenvalue weighted by atomic mass is 35.5. The number of hydrogen-bond acceptors (Lipinski definition) is 6. The molecule has 2 heterocycles. The summed E-state index contributed by atoms with van der Waals surface area (Å²) >= 11 is 6.30. The van der Waals surface area contributed by atoms with Crippen LogP contribution in [0.4, 0.5) is 0 Å². The number of aliphatic carboxylic acids is 1. The number of fused-ring (bicyclic) bond motifs is 2. The van der Waals surface area contributed by atoms with Crippen molar-refractivity contribution in [2.45, 2.75) is 58.7 Å². The summed E-state index contributed by atoms with van der Waals surface area (Å²) in [5.41, 5.74) is 7.90. The number of carbonyl (C=O) groups excluding carboxylic acids is 1. The Kier molecular flexibility index (Phi) is 8.59. The second-order valence-corrected chi connectivity index (χ2v) is 10.7. The molecule has 2 atom stereocenters. The van der Waals surface area contributed by atoms with E-state index in [0.717, 1.165) is 69.7 Å². The summed E-state index contributed by atoms with van der Waals surface area (Å²) in [5, 5.41) is 21.0. The van der Waals surface area contributed by atoms with Crippen LogP contribution in [0.25, 0.3) is 11.0 Å². The average Bonchev–Trinajstić information content (AvgIpc) is 3.17. The Morgan fingerprint density at radius 3 is 2.72 bits per heavy atom. The summed E-state index contributed by atoms with van der Waals surface area (Å²) in [5.74, 6) is -0.557. The number of hydrogen-bond donors (Lipinski definition) is 1. The number of carboxylic acids is 1. The fraction of sp³-hybridized carbons (Fsp3) is 0.367. The standard InChI is InChI=1S/C30H33ClN4O3.H3N/c1-5-24-17-35(16-22-13-23(31)8-11-28(22)38-24)15-21-12-20(7-6-18(21)2)26(14-29(36)37)25-9-10-27-30(19(25)3)32-33-34(27)4;/h6-13,24,26H,5,14-17H2,1-4H3,(H,36,37);1H3/t24-,26?;/m1./s1. The van der Waals surface area contributed by atoms with Crippen LogP contribution < -0.4 is 16.0 Å². The molecule has 4 N–H and O–H groups in total. The first-order chi connectivity index (χ1) is 18.2. The Morgan fingerprint density at radius 1 is 1.18 bits per heavy atom. The number of aryl methyl sites for hydroxylation is 3. The van der Waals surface area contributed by atoms with Crippen LogP contribution >= 0.6 is 11.6 Å². The molecule has 0 bridgehead atoms. The highest BCUT2D eigenvalue weighted by molar-refractivity contribution is 6.30. The Morgan fingerprint density at radius 2 is 1.97 bits per heavy atom. The van der Waals surface area contributed by atoms with Crippen LogP contribution in [0.1, 0.15) is 59.1 Å². The minimum Gasteiger partial charge on any atom is -0.550 e. The molecule has 4 aromatic rings. The van der Waals surface area contributed by atoms with E-state index in [1.807, 2.05) is 50.4 Å². The lowest BCUT2D eigenvalue weighted by molar-refractivity contribution is -0.306. The molecule has 206 valence electrons. The normalized spacial score (nSPS) is 16.2. The minimum atomic E-state index is -1.08. The Labute approximate surface area is 234 Å². The number of aromatic nitrogens is 3. The van der Waals surface area contributed by atoms with Gasteiger partial charge in [-0.25, -0.2) is 4.68 Å². The molecule has 0 aliphatic carbocycles.